The molecule has 1 atom stereocenters. The topological polar surface area (TPSA) is 93.1 Å². The molecule has 9 heteroatoms. The minimum Gasteiger partial charge on any atom is -0.497 e. The fraction of sp³-hybridized carbons (Fsp3) is 0.500. The Labute approximate surface area is 227 Å². The van der Waals surface area contributed by atoms with E-state index in [4.69, 9.17) is 14.6 Å². The maximum atomic E-state index is 15.1. The second kappa shape index (κ2) is 11.4. The van der Waals surface area contributed by atoms with E-state index in [0.29, 0.717) is 37.1 Å². The summed E-state index contributed by atoms with van der Waals surface area (Å²) in [5, 5.41) is 9.05. The minimum absolute atomic E-state index is 0.0169. The van der Waals surface area contributed by atoms with Crippen LogP contribution in [-0.4, -0.2) is 55.0 Å². The number of nitrogens with zero attached hydrogens (tertiary/aromatic N) is 1. The van der Waals surface area contributed by atoms with Crippen LogP contribution >= 0.6 is 0 Å². The summed E-state index contributed by atoms with van der Waals surface area (Å²) in [4.78, 5) is 39.9. The molecule has 4 rings (SSSR count). The predicted molar refractivity (Wildman–Crippen MR) is 140 cm³/mol. The number of carboxylic acids is 1. The lowest BCUT2D eigenvalue weighted by molar-refractivity contribution is -0.149. The van der Waals surface area contributed by atoms with Crippen molar-refractivity contribution in [1.82, 2.24) is 4.90 Å². The van der Waals surface area contributed by atoms with Crippen molar-refractivity contribution >= 4 is 17.7 Å². The van der Waals surface area contributed by atoms with E-state index in [9.17, 15) is 14.4 Å². The number of carboxylic acid groups (broad SMARTS) is 1. The van der Waals surface area contributed by atoms with E-state index >= 15 is 8.78 Å². The normalized spacial score (nSPS) is 20.7. The molecule has 7 nitrogen and oxygen atoms in total. The lowest BCUT2D eigenvalue weighted by Gasteiger charge is -2.42. The third kappa shape index (κ3) is 5.98. The van der Waals surface area contributed by atoms with E-state index in [1.807, 2.05) is 6.07 Å². The first-order chi connectivity index (χ1) is 18.4. The molecule has 1 heterocycles. The van der Waals surface area contributed by atoms with Gasteiger partial charge in [-0.15, -0.1) is 0 Å². The van der Waals surface area contributed by atoms with Gasteiger partial charge in [0.15, 0.2) is 5.78 Å². The summed E-state index contributed by atoms with van der Waals surface area (Å²) < 4.78 is 40.7. The summed E-state index contributed by atoms with van der Waals surface area (Å²) in [6.07, 6.45) is 1.22. The van der Waals surface area contributed by atoms with Crippen LogP contribution < -0.4 is 4.74 Å². The number of hydrogen-bond acceptors (Lipinski definition) is 5. The quantitative estimate of drug-likeness (QED) is 0.470. The zero-order valence-corrected chi connectivity index (χ0v) is 22.8. The lowest BCUT2D eigenvalue weighted by atomic mass is 9.72. The van der Waals surface area contributed by atoms with Gasteiger partial charge in [0.05, 0.1) is 13.7 Å². The van der Waals surface area contributed by atoms with Crippen LogP contribution in [0, 0.1) is 23.5 Å². The third-order valence-corrected chi connectivity index (χ3v) is 7.88. The highest BCUT2D eigenvalue weighted by atomic mass is 19.1. The van der Waals surface area contributed by atoms with Crippen LogP contribution in [-0.2, 0) is 37.4 Å². The second-order valence-electron chi connectivity index (χ2n) is 11.3. The number of benzene rings is 2. The van der Waals surface area contributed by atoms with Crippen molar-refractivity contribution < 1.29 is 37.7 Å². The maximum absolute atomic E-state index is 15.1. The second-order valence-corrected chi connectivity index (χ2v) is 11.3. The van der Waals surface area contributed by atoms with Gasteiger partial charge in [-0.05, 0) is 66.1 Å². The molecular weight excluding hydrogens is 508 g/mol. The molecule has 0 bridgehead atoms. The van der Waals surface area contributed by atoms with Gasteiger partial charge in [0, 0.05) is 43.4 Å². The number of ketones is 1. The van der Waals surface area contributed by atoms with Gasteiger partial charge in [-0.1, -0.05) is 19.9 Å². The number of aliphatic carboxylic acids is 1. The highest BCUT2D eigenvalue weighted by molar-refractivity contribution is 5.93. The molecule has 1 fully saturated rings. The van der Waals surface area contributed by atoms with E-state index in [0.717, 1.165) is 5.56 Å². The van der Waals surface area contributed by atoms with E-state index in [2.05, 4.69) is 0 Å². The molecular formula is C30H35F2NO6. The number of ether oxygens (including phenoxy) is 2. The van der Waals surface area contributed by atoms with Crippen molar-refractivity contribution in [1.29, 1.82) is 0 Å². The lowest BCUT2D eigenvalue weighted by Crippen LogP contribution is -2.49. The van der Waals surface area contributed by atoms with Crippen molar-refractivity contribution in [3.63, 3.8) is 0 Å². The molecule has 1 N–H and O–H groups in total. The van der Waals surface area contributed by atoms with Gasteiger partial charge in [0.25, 0.3) is 0 Å². The van der Waals surface area contributed by atoms with Gasteiger partial charge < -0.3 is 19.5 Å². The molecule has 210 valence electrons. The number of rotatable bonds is 10. The Bertz CT molecular complexity index is 1250. The molecule has 0 aromatic heterocycles. The summed E-state index contributed by atoms with van der Waals surface area (Å²) in [5.41, 5.74) is 0.722. The Morgan fingerprint density at radius 3 is 2.33 bits per heavy atom. The summed E-state index contributed by atoms with van der Waals surface area (Å²) in [6.45, 7) is 3.79. The Morgan fingerprint density at radius 1 is 1.08 bits per heavy atom. The number of carbonyl (C=O) groups excluding carboxylic acids is 2. The zero-order valence-electron chi connectivity index (χ0n) is 22.8. The minimum atomic E-state index is -0.915. The molecule has 0 spiro atoms. The Balaban J connectivity index is 1.62. The highest BCUT2D eigenvalue weighted by Gasteiger charge is 2.43. The molecule has 0 unspecified atom stereocenters. The Kier molecular flexibility index (Phi) is 8.39. The standard InChI is InChI=1S/C30H35F2NO6/c1-30(2,16-38-3)27-23(31)11-18(12-24(27)32)13-25(34)28-22-6-5-21(39-4)15-19(22)7-8-33(28)29(37)20-9-17(10-20)14-26(35)36/h5-6,11-12,15,17,20,28H,7-10,13-14,16H2,1-4H3,(H,35,36)/t17?,20?,28-/m1/s1. The summed E-state index contributed by atoms with van der Waals surface area (Å²) in [5.74, 6) is -2.70. The van der Waals surface area contributed by atoms with Gasteiger partial charge in [-0.2, -0.15) is 0 Å². The first-order valence-electron chi connectivity index (χ1n) is 13.1. The van der Waals surface area contributed by atoms with Crippen LogP contribution in [0.4, 0.5) is 8.78 Å². The van der Waals surface area contributed by atoms with Crippen LogP contribution in [0.5, 0.6) is 5.75 Å². The fourth-order valence-corrected chi connectivity index (χ4v) is 6.01. The van der Waals surface area contributed by atoms with E-state index in [1.54, 1.807) is 38.0 Å². The average Bonchev–Trinajstić information content (AvgIpc) is 2.83. The summed E-state index contributed by atoms with van der Waals surface area (Å²) in [7, 11) is 3.01. The number of methoxy groups -OCH3 is 2. The molecule has 1 saturated carbocycles. The molecule has 2 aromatic rings. The zero-order chi connectivity index (χ0) is 28.5. The van der Waals surface area contributed by atoms with Gasteiger partial charge in [-0.3, -0.25) is 14.4 Å². The van der Waals surface area contributed by atoms with Crippen LogP contribution in [0.1, 0.15) is 61.4 Å². The van der Waals surface area contributed by atoms with Gasteiger partial charge in [-0.25, -0.2) is 8.78 Å². The van der Waals surface area contributed by atoms with Gasteiger partial charge in [0.2, 0.25) is 5.91 Å². The summed E-state index contributed by atoms with van der Waals surface area (Å²) >= 11 is 0. The first kappa shape index (κ1) is 28.7. The number of amides is 1. The SMILES string of the molecule is COCC(C)(C)c1c(F)cc(CC(=O)[C@H]2c3ccc(OC)cc3CCN2C(=O)C2CC(CC(=O)O)C2)cc1F. The number of carbonyl (C=O) groups is 3. The number of Topliss-reactive ketones (excluding diaryl/α,β-unsaturated/α-hetero) is 1. The fourth-order valence-electron chi connectivity index (χ4n) is 6.01. The maximum Gasteiger partial charge on any atom is 0.303 e. The molecule has 0 saturated heterocycles. The van der Waals surface area contributed by atoms with Crippen molar-refractivity contribution in [3.8, 4) is 5.75 Å². The van der Waals surface area contributed by atoms with Crippen LogP contribution in [0.15, 0.2) is 30.3 Å². The van der Waals surface area contributed by atoms with E-state index in [-0.39, 0.29) is 54.1 Å². The Morgan fingerprint density at radius 2 is 1.74 bits per heavy atom. The smallest absolute Gasteiger partial charge is 0.303 e. The molecule has 2 aromatic carbocycles. The molecule has 1 aliphatic heterocycles. The van der Waals surface area contributed by atoms with Gasteiger partial charge in [0.1, 0.15) is 23.4 Å². The molecule has 39 heavy (non-hydrogen) atoms. The van der Waals surface area contributed by atoms with Crippen LogP contribution in [0.25, 0.3) is 0 Å². The molecule has 0 radical (unpaired) electrons. The van der Waals surface area contributed by atoms with Gasteiger partial charge >= 0.3 is 5.97 Å². The van der Waals surface area contributed by atoms with E-state index < -0.39 is 29.1 Å². The molecule has 1 aliphatic carbocycles. The average molecular weight is 544 g/mol. The first-order valence-corrected chi connectivity index (χ1v) is 13.1. The largest absolute Gasteiger partial charge is 0.497 e. The summed E-state index contributed by atoms with van der Waals surface area (Å²) in [6, 6.07) is 6.78. The third-order valence-electron chi connectivity index (χ3n) is 7.88. The highest BCUT2D eigenvalue weighted by Crippen LogP contribution is 2.41. The number of fused-ring (bicyclic) bond motifs is 1. The molecule has 1 amide bonds. The number of halogens is 2. The number of hydrogen-bond donors (Lipinski definition) is 1. The van der Waals surface area contributed by atoms with Crippen molar-refractivity contribution in [2.75, 3.05) is 27.4 Å². The molecule has 2 aliphatic rings. The van der Waals surface area contributed by atoms with Crippen LogP contribution in [0.2, 0.25) is 0 Å². The van der Waals surface area contributed by atoms with Crippen molar-refractivity contribution in [2.45, 2.75) is 57.4 Å². The Hall–Kier alpha value is -3.33. The predicted octanol–water partition coefficient (Wildman–Crippen LogP) is 4.64. The monoisotopic (exact) mass is 543 g/mol. The van der Waals surface area contributed by atoms with E-state index in [1.165, 1.54) is 19.2 Å². The van der Waals surface area contributed by atoms with Crippen molar-refractivity contribution in [3.05, 3.63) is 64.2 Å². The van der Waals surface area contributed by atoms with Crippen LogP contribution in [0.3, 0.4) is 0 Å². The van der Waals surface area contributed by atoms with Crippen molar-refractivity contribution in [2.24, 2.45) is 11.8 Å².